The number of hydrazine groups is 1. The van der Waals surface area contributed by atoms with E-state index >= 15 is 0 Å². The van der Waals surface area contributed by atoms with Gasteiger partial charge in [-0.2, -0.15) is 0 Å². The lowest BCUT2D eigenvalue weighted by Crippen LogP contribution is -2.40. The molecule has 0 saturated heterocycles. The highest BCUT2D eigenvalue weighted by Gasteiger charge is 2.24. The number of amides is 1. The lowest BCUT2D eigenvalue weighted by Gasteiger charge is -2.28. The second kappa shape index (κ2) is 12.3. The smallest absolute Gasteiger partial charge is 0.236 e. The van der Waals surface area contributed by atoms with Crippen molar-refractivity contribution in [3.63, 3.8) is 0 Å². The molecule has 1 amide bonds. The second-order valence-electron chi connectivity index (χ2n) is 8.49. The van der Waals surface area contributed by atoms with Crippen molar-refractivity contribution in [2.45, 2.75) is 68.0 Å². The first-order valence-electron chi connectivity index (χ1n) is 11.5. The van der Waals surface area contributed by atoms with E-state index in [2.05, 4.69) is 17.3 Å². The maximum atomic E-state index is 12.9. The third-order valence-corrected chi connectivity index (χ3v) is 7.52. The van der Waals surface area contributed by atoms with Gasteiger partial charge in [-0.25, -0.2) is 13.4 Å². The number of pyridine rings is 1. The molecule has 186 valence electrons. The van der Waals surface area contributed by atoms with Gasteiger partial charge in [0.2, 0.25) is 15.7 Å². The number of methoxy groups -OCH3 is 1. The van der Waals surface area contributed by atoms with Crippen LogP contribution in [0.5, 0.6) is 5.75 Å². The molecule has 0 bridgehead atoms. The van der Waals surface area contributed by atoms with Crippen LogP contribution < -0.4 is 10.2 Å². The molecular formula is C24H33N3O6S. The zero-order valence-corrected chi connectivity index (χ0v) is 20.5. The van der Waals surface area contributed by atoms with Gasteiger partial charge >= 0.3 is 0 Å². The Morgan fingerprint density at radius 1 is 1.18 bits per heavy atom. The number of benzene rings is 1. The highest BCUT2D eigenvalue weighted by atomic mass is 32.2. The van der Waals surface area contributed by atoms with Crippen molar-refractivity contribution in [3.8, 4) is 5.75 Å². The summed E-state index contributed by atoms with van der Waals surface area (Å²) in [6, 6.07) is 8.99. The van der Waals surface area contributed by atoms with Crippen LogP contribution >= 0.6 is 0 Å². The van der Waals surface area contributed by atoms with Crippen LogP contribution in [0, 0.1) is 5.92 Å². The average molecular weight is 492 g/mol. The third-order valence-electron chi connectivity index (χ3n) is 5.86. The zero-order chi connectivity index (χ0) is 24.6. The summed E-state index contributed by atoms with van der Waals surface area (Å²) in [7, 11) is -2.34. The number of nitrogens with zero attached hydrogens (tertiary/aromatic N) is 2. The minimum Gasteiger partial charge on any atom is -0.497 e. The van der Waals surface area contributed by atoms with Gasteiger partial charge in [-0.1, -0.05) is 12.1 Å². The monoisotopic (exact) mass is 491 g/mol. The van der Waals surface area contributed by atoms with E-state index in [0.29, 0.717) is 22.9 Å². The maximum Gasteiger partial charge on any atom is 0.236 e. The van der Waals surface area contributed by atoms with Crippen LogP contribution in [0.2, 0.25) is 0 Å². The van der Waals surface area contributed by atoms with E-state index in [1.165, 1.54) is 31.5 Å². The summed E-state index contributed by atoms with van der Waals surface area (Å²) in [4.78, 5) is 16.4. The Morgan fingerprint density at radius 2 is 1.88 bits per heavy atom. The Kier molecular flexibility index (Phi) is 9.40. The van der Waals surface area contributed by atoms with Crippen LogP contribution in [0.3, 0.4) is 0 Å². The summed E-state index contributed by atoms with van der Waals surface area (Å²) < 4.78 is 36.6. The predicted molar refractivity (Wildman–Crippen MR) is 125 cm³/mol. The molecule has 1 aromatic heterocycles. The Morgan fingerprint density at radius 3 is 2.53 bits per heavy atom. The quantitative estimate of drug-likeness (QED) is 0.459. The van der Waals surface area contributed by atoms with Crippen molar-refractivity contribution in [1.29, 1.82) is 0 Å². The Labute approximate surface area is 200 Å². The van der Waals surface area contributed by atoms with Gasteiger partial charge in [0.05, 0.1) is 24.7 Å². The van der Waals surface area contributed by atoms with Crippen LogP contribution in [-0.2, 0) is 25.9 Å². The van der Waals surface area contributed by atoms with Gasteiger partial charge in [-0.15, -0.1) is 0 Å². The molecule has 34 heavy (non-hydrogen) atoms. The van der Waals surface area contributed by atoms with Gasteiger partial charge < -0.3 is 9.47 Å². The van der Waals surface area contributed by atoms with Crippen LogP contribution in [0.4, 0.5) is 0 Å². The van der Waals surface area contributed by atoms with Crippen molar-refractivity contribution < 1.29 is 27.9 Å². The molecule has 1 aliphatic carbocycles. The Hall–Kier alpha value is -2.53. The molecule has 1 saturated carbocycles. The van der Waals surface area contributed by atoms with Crippen LogP contribution in [0.15, 0.2) is 52.5 Å². The first-order chi connectivity index (χ1) is 16.3. The van der Waals surface area contributed by atoms with Gasteiger partial charge in [0, 0.05) is 19.2 Å². The molecule has 0 atom stereocenters. The summed E-state index contributed by atoms with van der Waals surface area (Å²) in [5, 5.41) is 10.7. The van der Waals surface area contributed by atoms with Gasteiger partial charge in [-0.3, -0.25) is 15.4 Å². The average Bonchev–Trinajstić information content (AvgIpc) is 2.83. The molecule has 0 unspecified atom stereocenters. The standard InChI is InChI=1S/C24H33N3O6S/c1-3-14-33-21-6-4-18(5-7-21)15-23(28)26-27(29)17-19-12-13-25-24(16-19)34(30,31)22-10-8-20(32-2)9-11-22/h8-13,16,18,21,29H,3-7,14-15,17H2,1-2H3,(H,26,28). The van der Waals surface area contributed by atoms with Crippen molar-refractivity contribution in [2.75, 3.05) is 13.7 Å². The number of hydrogen-bond acceptors (Lipinski definition) is 8. The van der Waals surface area contributed by atoms with E-state index in [9.17, 15) is 18.4 Å². The lowest BCUT2D eigenvalue weighted by atomic mass is 9.85. The molecule has 3 rings (SSSR count). The fraction of sp³-hybridized carbons (Fsp3) is 0.500. The molecule has 0 aliphatic heterocycles. The van der Waals surface area contributed by atoms with Crippen molar-refractivity contribution in [1.82, 2.24) is 15.6 Å². The number of carbonyl (C=O) groups excluding carboxylic acids is 1. The fourth-order valence-corrected chi connectivity index (χ4v) is 5.26. The van der Waals surface area contributed by atoms with E-state index in [4.69, 9.17) is 9.47 Å². The van der Waals surface area contributed by atoms with Crippen molar-refractivity contribution in [2.24, 2.45) is 5.92 Å². The second-order valence-corrected chi connectivity index (χ2v) is 10.4. The van der Waals surface area contributed by atoms with Crippen LogP contribution in [-0.4, -0.2) is 49.5 Å². The highest BCUT2D eigenvalue weighted by molar-refractivity contribution is 7.91. The summed E-state index contributed by atoms with van der Waals surface area (Å²) in [5.41, 5.74) is 2.94. The molecule has 1 aliphatic rings. The van der Waals surface area contributed by atoms with Crippen LogP contribution in [0.1, 0.15) is 51.0 Å². The number of rotatable bonds is 11. The van der Waals surface area contributed by atoms with Gasteiger partial charge in [0.15, 0.2) is 5.03 Å². The van der Waals surface area contributed by atoms with Gasteiger partial charge in [0.25, 0.3) is 0 Å². The molecule has 1 aromatic carbocycles. The molecular weight excluding hydrogens is 458 g/mol. The minimum absolute atomic E-state index is 0.0851. The van der Waals surface area contributed by atoms with Gasteiger partial charge in [-0.05, 0) is 80.0 Å². The molecule has 2 aromatic rings. The Bertz CT molecular complexity index is 1040. The number of nitrogens with one attached hydrogen (secondary N) is 1. The molecule has 1 fully saturated rings. The van der Waals surface area contributed by atoms with E-state index in [1.54, 1.807) is 18.2 Å². The summed E-state index contributed by atoms with van der Waals surface area (Å²) in [5.74, 6) is 0.530. The fourth-order valence-electron chi connectivity index (χ4n) is 4.02. The molecule has 0 radical (unpaired) electrons. The topological polar surface area (TPSA) is 118 Å². The van der Waals surface area contributed by atoms with E-state index in [1.807, 2.05) is 0 Å². The van der Waals surface area contributed by atoms with Gasteiger partial charge in [0.1, 0.15) is 5.75 Å². The van der Waals surface area contributed by atoms with E-state index < -0.39 is 9.84 Å². The minimum atomic E-state index is -3.84. The third kappa shape index (κ3) is 7.23. The SMILES string of the molecule is CCCOC1CCC(CC(=O)NN(O)Cc2ccnc(S(=O)(=O)c3ccc(OC)cc3)c2)CC1. The molecule has 0 spiro atoms. The number of sulfone groups is 1. The lowest BCUT2D eigenvalue weighted by molar-refractivity contribution is -0.166. The first-order valence-corrected chi connectivity index (χ1v) is 13.0. The molecule has 1 heterocycles. The zero-order valence-electron chi connectivity index (χ0n) is 19.6. The Balaban J connectivity index is 1.53. The van der Waals surface area contributed by atoms with Crippen molar-refractivity contribution in [3.05, 3.63) is 48.2 Å². The van der Waals surface area contributed by atoms with E-state index in [0.717, 1.165) is 38.7 Å². The maximum absolute atomic E-state index is 12.9. The molecule has 2 N–H and O–H groups in total. The predicted octanol–water partition coefficient (Wildman–Crippen LogP) is 3.52. The number of aromatic nitrogens is 1. The number of carbonyl (C=O) groups is 1. The molecule has 9 nitrogen and oxygen atoms in total. The van der Waals surface area contributed by atoms with E-state index in [-0.39, 0.29) is 34.4 Å². The number of hydroxylamine groups is 1. The number of hydrogen-bond donors (Lipinski definition) is 2. The van der Waals surface area contributed by atoms with Crippen molar-refractivity contribution >= 4 is 15.7 Å². The summed E-state index contributed by atoms with van der Waals surface area (Å²) in [6.07, 6.45) is 6.71. The molecule has 10 heteroatoms. The van der Waals surface area contributed by atoms with Crippen LogP contribution in [0.25, 0.3) is 0 Å². The first kappa shape index (κ1) is 26.1. The largest absolute Gasteiger partial charge is 0.497 e. The normalized spacial score (nSPS) is 18.6. The highest BCUT2D eigenvalue weighted by Crippen LogP contribution is 2.28. The summed E-state index contributed by atoms with van der Waals surface area (Å²) >= 11 is 0. The number of ether oxygens (including phenoxy) is 2. The summed E-state index contributed by atoms with van der Waals surface area (Å²) in [6.45, 7) is 2.77.